The van der Waals surface area contributed by atoms with Gasteiger partial charge in [0.1, 0.15) is 22.4 Å². The molecule has 1 N–H and O–H groups in total. The first kappa shape index (κ1) is 13.5. The van der Waals surface area contributed by atoms with Gasteiger partial charge in [-0.15, -0.1) is 0 Å². The highest BCUT2D eigenvalue weighted by Crippen LogP contribution is 2.32. The molecule has 3 nitrogen and oxygen atoms in total. The lowest BCUT2D eigenvalue weighted by Gasteiger charge is -2.09. The molecule has 0 bridgehead atoms. The van der Waals surface area contributed by atoms with Gasteiger partial charge < -0.3 is 9.84 Å². The summed E-state index contributed by atoms with van der Waals surface area (Å²) in [6.07, 6.45) is 0. The van der Waals surface area contributed by atoms with Crippen LogP contribution in [0.25, 0.3) is 11.3 Å². The van der Waals surface area contributed by atoms with E-state index in [4.69, 9.17) is 16.3 Å². The second-order valence-corrected chi connectivity index (χ2v) is 4.83. The molecule has 4 heteroatoms. The molecule has 0 aliphatic carbocycles. The quantitative estimate of drug-likeness (QED) is 0.699. The van der Waals surface area contributed by atoms with Crippen molar-refractivity contribution in [2.24, 2.45) is 0 Å². The Morgan fingerprint density at radius 1 is 0.857 bits per heavy atom. The second-order valence-electron chi connectivity index (χ2n) is 4.44. The predicted octanol–water partition coefficient (Wildman–Crippen LogP) is 4.90. The topological polar surface area (TPSA) is 42.4 Å². The lowest BCUT2D eigenvalue weighted by Crippen LogP contribution is -1.89. The Bertz CT molecular complexity index is 760. The SMILES string of the molecule is Oc1ccccc1-c1cc(Oc2ccccc2)cc(Cl)n1. The van der Waals surface area contributed by atoms with E-state index in [-0.39, 0.29) is 5.75 Å². The molecule has 104 valence electrons. The van der Waals surface area contributed by atoms with Crippen LogP contribution in [0, 0.1) is 0 Å². The van der Waals surface area contributed by atoms with E-state index in [0.29, 0.717) is 27.9 Å². The number of phenols is 1. The molecular weight excluding hydrogens is 286 g/mol. The number of aromatic hydroxyl groups is 1. The van der Waals surface area contributed by atoms with Crippen LogP contribution in [0.4, 0.5) is 0 Å². The Balaban J connectivity index is 1.99. The van der Waals surface area contributed by atoms with Crippen molar-refractivity contribution in [3.05, 3.63) is 71.9 Å². The van der Waals surface area contributed by atoms with E-state index in [9.17, 15) is 5.11 Å². The molecule has 3 aromatic rings. The summed E-state index contributed by atoms with van der Waals surface area (Å²) in [5, 5.41) is 10.2. The molecule has 21 heavy (non-hydrogen) atoms. The fraction of sp³-hybridized carbons (Fsp3) is 0. The van der Waals surface area contributed by atoms with Gasteiger partial charge in [-0.05, 0) is 24.3 Å². The Morgan fingerprint density at radius 3 is 2.33 bits per heavy atom. The molecule has 0 unspecified atom stereocenters. The van der Waals surface area contributed by atoms with E-state index < -0.39 is 0 Å². The van der Waals surface area contributed by atoms with Gasteiger partial charge in [0, 0.05) is 17.7 Å². The minimum absolute atomic E-state index is 0.151. The third-order valence-electron chi connectivity index (χ3n) is 2.93. The lowest BCUT2D eigenvalue weighted by molar-refractivity contribution is 0.476. The molecule has 0 amide bonds. The van der Waals surface area contributed by atoms with E-state index in [2.05, 4.69) is 4.98 Å². The summed E-state index contributed by atoms with van der Waals surface area (Å²) in [5.74, 6) is 1.43. The number of phenolic OH excluding ortho intramolecular Hbond substituents is 1. The molecule has 0 radical (unpaired) electrons. The fourth-order valence-electron chi connectivity index (χ4n) is 1.99. The molecule has 1 aromatic heterocycles. The summed E-state index contributed by atoms with van der Waals surface area (Å²) < 4.78 is 5.76. The van der Waals surface area contributed by atoms with E-state index in [1.165, 1.54) is 0 Å². The van der Waals surface area contributed by atoms with E-state index in [0.717, 1.165) is 0 Å². The summed E-state index contributed by atoms with van der Waals surface area (Å²) in [4.78, 5) is 4.23. The zero-order valence-electron chi connectivity index (χ0n) is 11.0. The van der Waals surface area contributed by atoms with Gasteiger partial charge in [0.25, 0.3) is 0 Å². The van der Waals surface area contributed by atoms with E-state index >= 15 is 0 Å². The number of ether oxygens (including phenoxy) is 1. The van der Waals surface area contributed by atoms with Crippen LogP contribution in [0.3, 0.4) is 0 Å². The fourth-order valence-corrected chi connectivity index (χ4v) is 2.18. The smallest absolute Gasteiger partial charge is 0.133 e. The summed E-state index contributed by atoms with van der Waals surface area (Å²) in [6.45, 7) is 0. The maximum Gasteiger partial charge on any atom is 0.133 e. The Kier molecular flexibility index (Phi) is 3.75. The Morgan fingerprint density at radius 2 is 1.57 bits per heavy atom. The Labute approximate surface area is 127 Å². The molecule has 0 fully saturated rings. The lowest BCUT2D eigenvalue weighted by atomic mass is 10.1. The molecule has 0 saturated carbocycles. The highest BCUT2D eigenvalue weighted by molar-refractivity contribution is 6.29. The van der Waals surface area contributed by atoms with Gasteiger partial charge in [-0.25, -0.2) is 4.98 Å². The van der Waals surface area contributed by atoms with Crippen LogP contribution in [0.5, 0.6) is 17.2 Å². The number of benzene rings is 2. The van der Waals surface area contributed by atoms with Crippen LogP contribution in [0.15, 0.2) is 66.7 Å². The molecule has 0 atom stereocenters. The van der Waals surface area contributed by atoms with Crippen LogP contribution in [0.1, 0.15) is 0 Å². The van der Waals surface area contributed by atoms with Crippen LogP contribution in [-0.4, -0.2) is 10.1 Å². The first-order valence-electron chi connectivity index (χ1n) is 6.41. The first-order valence-corrected chi connectivity index (χ1v) is 6.79. The number of halogens is 1. The molecule has 3 rings (SSSR count). The van der Waals surface area contributed by atoms with Crippen molar-refractivity contribution in [1.82, 2.24) is 4.98 Å². The van der Waals surface area contributed by atoms with E-state index in [1.54, 1.807) is 30.3 Å². The number of rotatable bonds is 3. The van der Waals surface area contributed by atoms with Crippen LogP contribution < -0.4 is 4.74 Å². The molecule has 0 aliphatic heterocycles. The van der Waals surface area contributed by atoms with Crippen LogP contribution >= 0.6 is 11.6 Å². The Hall–Kier alpha value is -2.52. The largest absolute Gasteiger partial charge is 0.507 e. The van der Waals surface area contributed by atoms with Gasteiger partial charge in [0.15, 0.2) is 0 Å². The van der Waals surface area contributed by atoms with Crippen molar-refractivity contribution in [2.75, 3.05) is 0 Å². The zero-order valence-corrected chi connectivity index (χ0v) is 11.8. The minimum Gasteiger partial charge on any atom is -0.507 e. The van der Waals surface area contributed by atoms with Crippen LogP contribution in [-0.2, 0) is 0 Å². The monoisotopic (exact) mass is 297 g/mol. The highest BCUT2D eigenvalue weighted by Gasteiger charge is 2.09. The predicted molar refractivity (Wildman–Crippen MR) is 82.9 cm³/mol. The normalized spacial score (nSPS) is 10.3. The van der Waals surface area contributed by atoms with Gasteiger partial charge in [-0.3, -0.25) is 0 Å². The number of nitrogens with zero attached hydrogens (tertiary/aromatic N) is 1. The summed E-state index contributed by atoms with van der Waals surface area (Å²) in [5.41, 5.74) is 1.17. The average Bonchev–Trinajstić information content (AvgIpc) is 2.48. The number of aromatic nitrogens is 1. The van der Waals surface area contributed by atoms with Gasteiger partial charge >= 0.3 is 0 Å². The molecule has 2 aromatic carbocycles. The van der Waals surface area contributed by atoms with Gasteiger partial charge in [0.05, 0.1) is 5.69 Å². The van der Waals surface area contributed by atoms with Crippen molar-refractivity contribution in [1.29, 1.82) is 0 Å². The first-order chi connectivity index (χ1) is 10.2. The number of hydrogen-bond acceptors (Lipinski definition) is 3. The minimum atomic E-state index is 0.151. The maximum atomic E-state index is 9.91. The van der Waals surface area contributed by atoms with Gasteiger partial charge in [-0.2, -0.15) is 0 Å². The molecule has 0 saturated heterocycles. The van der Waals surface area contributed by atoms with Crippen LogP contribution in [0.2, 0.25) is 5.15 Å². The van der Waals surface area contributed by atoms with Crippen molar-refractivity contribution in [3.8, 4) is 28.5 Å². The number of pyridine rings is 1. The third-order valence-corrected chi connectivity index (χ3v) is 3.12. The summed E-state index contributed by atoms with van der Waals surface area (Å²) in [6, 6.07) is 19.8. The summed E-state index contributed by atoms with van der Waals surface area (Å²) in [7, 11) is 0. The van der Waals surface area contributed by atoms with Crippen molar-refractivity contribution < 1.29 is 9.84 Å². The van der Waals surface area contributed by atoms with Gasteiger partial charge in [0.2, 0.25) is 0 Å². The van der Waals surface area contributed by atoms with Crippen molar-refractivity contribution >= 4 is 11.6 Å². The molecular formula is C17H12ClNO2. The molecule has 0 aliphatic rings. The highest BCUT2D eigenvalue weighted by atomic mass is 35.5. The third kappa shape index (κ3) is 3.15. The van der Waals surface area contributed by atoms with Crippen molar-refractivity contribution in [2.45, 2.75) is 0 Å². The number of para-hydroxylation sites is 2. The second kappa shape index (κ2) is 5.85. The summed E-state index contributed by atoms with van der Waals surface area (Å²) >= 11 is 6.05. The zero-order chi connectivity index (χ0) is 14.7. The number of hydrogen-bond donors (Lipinski definition) is 1. The maximum absolute atomic E-state index is 9.91. The van der Waals surface area contributed by atoms with E-state index in [1.807, 2.05) is 36.4 Å². The molecule has 1 heterocycles. The molecule has 0 spiro atoms. The van der Waals surface area contributed by atoms with Gasteiger partial charge in [-0.1, -0.05) is 41.9 Å². The average molecular weight is 298 g/mol. The van der Waals surface area contributed by atoms with Crippen molar-refractivity contribution in [3.63, 3.8) is 0 Å². The standard InChI is InChI=1S/C17H12ClNO2/c18-17-11-13(21-12-6-2-1-3-7-12)10-15(19-17)14-8-4-5-9-16(14)20/h1-11,20H.